The van der Waals surface area contributed by atoms with E-state index in [0.717, 1.165) is 12.8 Å². The van der Waals surface area contributed by atoms with Gasteiger partial charge in [0.05, 0.1) is 24.1 Å². The standard InChI is InChI=1S/C23H35N3O6S/c1-14(2)11-15(19(27)23(3)8-9-23)24-20(28)16(12-31-4)25-21(29)17(13-32-5)26-22(30)18-7-6-10-33-18/h6-7,10,14-17H,8-9,11-13H2,1-5H3,(H,24,28)(H,25,29)(H,26,30)/t15-,16-,17-/m0/s1. The van der Waals surface area contributed by atoms with E-state index >= 15 is 0 Å². The molecular weight excluding hydrogens is 446 g/mol. The predicted molar refractivity (Wildman–Crippen MR) is 125 cm³/mol. The summed E-state index contributed by atoms with van der Waals surface area (Å²) in [5, 5.41) is 9.83. The third-order valence-corrected chi connectivity index (χ3v) is 6.47. The van der Waals surface area contributed by atoms with Gasteiger partial charge >= 0.3 is 0 Å². The number of Topliss-reactive ketones (excluding diaryl/α,β-unsaturated/α-hetero) is 1. The molecule has 1 aliphatic rings. The maximum atomic E-state index is 13.0. The maximum Gasteiger partial charge on any atom is 0.262 e. The number of hydrogen-bond acceptors (Lipinski definition) is 7. The molecule has 0 aliphatic heterocycles. The number of methoxy groups -OCH3 is 2. The van der Waals surface area contributed by atoms with Gasteiger partial charge in [-0.05, 0) is 36.6 Å². The molecule has 1 fully saturated rings. The van der Waals surface area contributed by atoms with Crippen LogP contribution in [0.4, 0.5) is 0 Å². The lowest BCUT2D eigenvalue weighted by molar-refractivity contribution is -0.134. The summed E-state index contributed by atoms with van der Waals surface area (Å²) in [5.41, 5.74) is -0.386. The molecule has 3 atom stereocenters. The highest BCUT2D eigenvalue weighted by molar-refractivity contribution is 7.12. The van der Waals surface area contributed by atoms with Crippen molar-refractivity contribution in [2.24, 2.45) is 11.3 Å². The number of rotatable bonds is 14. The number of hydrogen-bond donors (Lipinski definition) is 3. The van der Waals surface area contributed by atoms with Crippen LogP contribution in [-0.2, 0) is 23.9 Å². The average molecular weight is 482 g/mol. The third kappa shape index (κ3) is 7.90. The van der Waals surface area contributed by atoms with Gasteiger partial charge in [0.1, 0.15) is 12.1 Å². The first-order chi connectivity index (χ1) is 15.6. The van der Waals surface area contributed by atoms with Crippen LogP contribution in [0.5, 0.6) is 0 Å². The topological polar surface area (TPSA) is 123 Å². The number of carbonyl (C=O) groups is 4. The van der Waals surface area contributed by atoms with Crippen molar-refractivity contribution in [1.82, 2.24) is 16.0 Å². The van der Waals surface area contributed by atoms with E-state index in [1.54, 1.807) is 17.5 Å². The molecule has 33 heavy (non-hydrogen) atoms. The van der Waals surface area contributed by atoms with Gasteiger partial charge < -0.3 is 25.4 Å². The van der Waals surface area contributed by atoms with Crippen LogP contribution >= 0.6 is 11.3 Å². The summed E-state index contributed by atoms with van der Waals surface area (Å²) < 4.78 is 10.2. The highest BCUT2D eigenvalue weighted by atomic mass is 32.1. The summed E-state index contributed by atoms with van der Waals surface area (Å²) in [6, 6.07) is 0.718. The maximum absolute atomic E-state index is 13.0. The largest absolute Gasteiger partial charge is 0.382 e. The molecule has 2 rings (SSSR count). The van der Waals surface area contributed by atoms with Crippen LogP contribution < -0.4 is 16.0 Å². The molecule has 0 spiro atoms. The van der Waals surface area contributed by atoms with Crippen LogP contribution in [0.25, 0.3) is 0 Å². The Balaban J connectivity index is 2.07. The summed E-state index contributed by atoms with van der Waals surface area (Å²) in [5.74, 6) is -1.27. The lowest BCUT2D eigenvalue weighted by Crippen LogP contribution is -2.58. The van der Waals surface area contributed by atoms with E-state index in [9.17, 15) is 19.2 Å². The van der Waals surface area contributed by atoms with Crippen LogP contribution in [0.3, 0.4) is 0 Å². The van der Waals surface area contributed by atoms with E-state index in [1.807, 2.05) is 20.8 Å². The fraction of sp³-hybridized carbons (Fsp3) is 0.652. The van der Waals surface area contributed by atoms with Crippen molar-refractivity contribution in [3.8, 4) is 0 Å². The minimum Gasteiger partial charge on any atom is -0.382 e. The Kier molecular flexibility index (Phi) is 10.00. The molecule has 0 saturated heterocycles. The van der Waals surface area contributed by atoms with Gasteiger partial charge in [-0.3, -0.25) is 19.2 Å². The van der Waals surface area contributed by atoms with Gasteiger partial charge in [-0.15, -0.1) is 11.3 Å². The molecule has 0 bridgehead atoms. The number of nitrogens with one attached hydrogen (secondary N) is 3. The number of carbonyl (C=O) groups excluding carboxylic acids is 4. The third-order valence-electron chi connectivity index (χ3n) is 5.60. The first-order valence-corrected chi connectivity index (χ1v) is 12.0. The zero-order valence-electron chi connectivity index (χ0n) is 19.9. The molecule has 10 heteroatoms. The molecule has 0 unspecified atom stereocenters. The molecule has 0 aromatic carbocycles. The smallest absolute Gasteiger partial charge is 0.262 e. The van der Waals surface area contributed by atoms with Gasteiger partial charge in [-0.2, -0.15) is 0 Å². The molecule has 1 aromatic heterocycles. The van der Waals surface area contributed by atoms with Crippen molar-refractivity contribution in [3.05, 3.63) is 22.4 Å². The fourth-order valence-corrected chi connectivity index (χ4v) is 4.07. The van der Waals surface area contributed by atoms with Crippen molar-refractivity contribution in [1.29, 1.82) is 0 Å². The number of ketones is 1. The van der Waals surface area contributed by atoms with Gasteiger partial charge in [-0.1, -0.05) is 26.8 Å². The van der Waals surface area contributed by atoms with Crippen molar-refractivity contribution in [2.45, 2.75) is 58.2 Å². The Morgan fingerprint density at radius 1 is 0.970 bits per heavy atom. The van der Waals surface area contributed by atoms with Crippen LogP contribution in [0.15, 0.2) is 17.5 Å². The summed E-state index contributed by atoms with van der Waals surface area (Å²) >= 11 is 1.25. The number of amides is 3. The summed E-state index contributed by atoms with van der Waals surface area (Å²) in [4.78, 5) is 51.7. The molecule has 1 heterocycles. The van der Waals surface area contributed by atoms with Crippen LogP contribution in [0, 0.1) is 11.3 Å². The second kappa shape index (κ2) is 12.2. The lowest BCUT2D eigenvalue weighted by atomic mass is 9.91. The highest BCUT2D eigenvalue weighted by Gasteiger charge is 2.48. The number of ether oxygens (including phenoxy) is 2. The van der Waals surface area contributed by atoms with E-state index in [-0.39, 0.29) is 30.3 Å². The quantitative estimate of drug-likeness (QED) is 0.370. The normalized spacial score (nSPS) is 17.0. The summed E-state index contributed by atoms with van der Waals surface area (Å²) in [6.07, 6.45) is 2.14. The van der Waals surface area contributed by atoms with E-state index < -0.39 is 35.8 Å². The van der Waals surface area contributed by atoms with E-state index in [4.69, 9.17) is 9.47 Å². The lowest BCUT2D eigenvalue weighted by Gasteiger charge is -2.26. The summed E-state index contributed by atoms with van der Waals surface area (Å²) in [7, 11) is 2.83. The molecular formula is C23H35N3O6S. The minimum absolute atomic E-state index is 0.0208. The van der Waals surface area contributed by atoms with Gasteiger partial charge in [0.15, 0.2) is 5.78 Å². The molecule has 1 aliphatic carbocycles. The van der Waals surface area contributed by atoms with Crippen molar-refractivity contribution in [2.75, 3.05) is 27.4 Å². The molecule has 1 aromatic rings. The van der Waals surface area contributed by atoms with Gasteiger partial charge in [-0.25, -0.2) is 0 Å². The summed E-state index contributed by atoms with van der Waals surface area (Å²) in [6.45, 7) is 5.73. The first-order valence-electron chi connectivity index (χ1n) is 11.1. The predicted octanol–water partition coefficient (Wildman–Crippen LogP) is 1.52. The van der Waals surface area contributed by atoms with E-state index in [1.165, 1.54) is 25.6 Å². The number of thiophene rings is 1. The Morgan fingerprint density at radius 3 is 1.97 bits per heavy atom. The molecule has 3 amide bonds. The van der Waals surface area contributed by atoms with Crippen LogP contribution in [-0.4, -0.2) is 69.1 Å². The van der Waals surface area contributed by atoms with E-state index in [2.05, 4.69) is 16.0 Å². The second-order valence-electron chi connectivity index (χ2n) is 9.09. The zero-order valence-corrected chi connectivity index (χ0v) is 20.8. The fourth-order valence-electron chi connectivity index (χ4n) is 3.44. The van der Waals surface area contributed by atoms with Crippen molar-refractivity contribution in [3.63, 3.8) is 0 Å². The molecule has 3 N–H and O–H groups in total. The van der Waals surface area contributed by atoms with Crippen LogP contribution in [0.2, 0.25) is 0 Å². The molecule has 9 nitrogen and oxygen atoms in total. The zero-order chi connectivity index (χ0) is 24.6. The van der Waals surface area contributed by atoms with Crippen LogP contribution in [0.1, 0.15) is 49.7 Å². The van der Waals surface area contributed by atoms with Crippen molar-refractivity contribution >= 4 is 34.8 Å². The Labute approximate surface area is 199 Å². The SMILES string of the molecule is COC[C@H](NC(=O)c1cccs1)C(=O)N[C@@H](COC)C(=O)N[C@@H](CC(C)C)C(=O)C1(C)CC1. The van der Waals surface area contributed by atoms with Crippen molar-refractivity contribution < 1.29 is 28.7 Å². The molecule has 1 saturated carbocycles. The Hall–Kier alpha value is -2.30. The minimum atomic E-state index is -1.03. The Bertz CT molecular complexity index is 822. The highest BCUT2D eigenvalue weighted by Crippen LogP contribution is 2.47. The average Bonchev–Trinajstić information content (AvgIpc) is 3.27. The van der Waals surface area contributed by atoms with Gasteiger partial charge in [0.2, 0.25) is 11.8 Å². The van der Waals surface area contributed by atoms with E-state index in [0.29, 0.717) is 11.3 Å². The first kappa shape index (κ1) is 26.9. The van der Waals surface area contributed by atoms with Gasteiger partial charge in [0.25, 0.3) is 5.91 Å². The molecule has 184 valence electrons. The second-order valence-corrected chi connectivity index (χ2v) is 10.0. The monoisotopic (exact) mass is 481 g/mol. The van der Waals surface area contributed by atoms with Gasteiger partial charge in [0, 0.05) is 19.6 Å². The Morgan fingerprint density at radius 2 is 1.52 bits per heavy atom. The molecule has 0 radical (unpaired) electrons.